The summed E-state index contributed by atoms with van der Waals surface area (Å²) in [7, 11) is 0. The number of rotatable bonds is 3. The fraction of sp³-hybridized carbons (Fsp3) is 0.400. The molecule has 1 saturated carbocycles. The maximum Gasteiger partial charge on any atom is 0.341 e. The Bertz CT molecular complexity index is 1440. The predicted octanol–water partition coefficient (Wildman–Crippen LogP) is 4.77. The molecule has 0 bridgehead atoms. The van der Waals surface area contributed by atoms with Gasteiger partial charge in [-0.05, 0) is 37.2 Å². The largest absolute Gasteiger partial charge is 0.477 e. The van der Waals surface area contributed by atoms with E-state index in [0.29, 0.717) is 29.9 Å². The molecule has 0 unspecified atom stereocenters. The Labute approximate surface area is 203 Å². The fourth-order valence-electron chi connectivity index (χ4n) is 5.66. The molecule has 1 saturated heterocycles. The molecule has 3 aromatic rings. The van der Waals surface area contributed by atoms with Crippen molar-refractivity contribution < 1.29 is 27.5 Å². The number of hydrogen-bond acceptors (Lipinski definition) is 5. The first-order valence-electron chi connectivity index (χ1n) is 11.8. The molecule has 5 rings (SSSR count). The number of carboxylic acid groups (broad SMARTS) is 1. The van der Waals surface area contributed by atoms with Crippen molar-refractivity contribution in [1.82, 2.24) is 9.55 Å². The van der Waals surface area contributed by atoms with Crippen LogP contribution in [-0.4, -0.2) is 33.7 Å². The number of benzene rings is 1. The van der Waals surface area contributed by atoms with Gasteiger partial charge in [0.2, 0.25) is 5.43 Å². The highest BCUT2D eigenvalue weighted by Gasteiger charge is 2.37. The van der Waals surface area contributed by atoms with E-state index in [1.165, 1.54) is 6.42 Å². The number of hydrogen-bond donors (Lipinski definition) is 2. The van der Waals surface area contributed by atoms with Gasteiger partial charge >= 0.3 is 5.97 Å². The summed E-state index contributed by atoms with van der Waals surface area (Å²) in [5.41, 5.74) is 2.66. The maximum absolute atomic E-state index is 16.1. The number of pyridine rings is 2. The molecule has 2 fully saturated rings. The minimum atomic E-state index is -1.69. The van der Waals surface area contributed by atoms with Crippen LogP contribution in [0.5, 0.6) is 0 Å². The van der Waals surface area contributed by atoms with Gasteiger partial charge in [-0.15, -0.1) is 0 Å². The van der Waals surface area contributed by atoms with Gasteiger partial charge in [0.05, 0.1) is 10.9 Å². The van der Waals surface area contributed by atoms with Gasteiger partial charge in [-0.2, -0.15) is 0 Å². The average Bonchev–Trinajstić information content (AvgIpc) is 2.84. The van der Waals surface area contributed by atoms with E-state index in [-0.39, 0.29) is 11.1 Å². The van der Waals surface area contributed by atoms with E-state index in [0.717, 1.165) is 44.6 Å². The molecule has 190 valence electrons. The van der Waals surface area contributed by atoms with Crippen LogP contribution in [0.3, 0.4) is 0 Å². The van der Waals surface area contributed by atoms with Gasteiger partial charge in [0.25, 0.3) is 0 Å². The van der Waals surface area contributed by atoms with Gasteiger partial charge in [0.1, 0.15) is 17.1 Å². The van der Waals surface area contributed by atoms with Crippen LogP contribution >= 0.6 is 0 Å². The smallest absolute Gasteiger partial charge is 0.341 e. The van der Waals surface area contributed by atoms with E-state index in [4.69, 9.17) is 5.73 Å². The summed E-state index contributed by atoms with van der Waals surface area (Å²) in [4.78, 5) is 29.7. The predicted molar refractivity (Wildman–Crippen MR) is 126 cm³/mol. The van der Waals surface area contributed by atoms with E-state index >= 15 is 8.78 Å². The molecule has 0 radical (unpaired) electrons. The maximum atomic E-state index is 16.1. The Balaban J connectivity index is 1.70. The van der Waals surface area contributed by atoms with Crippen molar-refractivity contribution in [2.75, 3.05) is 23.7 Å². The zero-order chi connectivity index (χ0) is 25.8. The highest BCUT2D eigenvalue weighted by Crippen LogP contribution is 2.46. The third-order valence-corrected chi connectivity index (χ3v) is 7.61. The topological polar surface area (TPSA) is 101 Å². The number of carbonyl (C=O) groups is 1. The van der Waals surface area contributed by atoms with E-state index in [1.807, 2.05) is 0 Å². The normalized spacial score (nSPS) is 17.6. The van der Waals surface area contributed by atoms with Crippen molar-refractivity contribution >= 4 is 28.4 Å². The number of nitrogen functional groups attached to an aromatic ring is 1. The lowest BCUT2D eigenvalue weighted by Crippen LogP contribution is -2.42. The van der Waals surface area contributed by atoms with E-state index in [2.05, 4.69) is 4.98 Å². The first-order chi connectivity index (χ1) is 17.1. The zero-order valence-electron chi connectivity index (χ0n) is 19.3. The minimum absolute atomic E-state index is 0.162. The van der Waals surface area contributed by atoms with E-state index in [9.17, 15) is 23.5 Å². The SMILES string of the molecule is Nc1nc(-n2cc(C(=O)O)c(=O)c3cc(F)c(N4CCC5(CCCCC5)CC4)c(F)c32)c(F)cc1F. The number of carboxylic acids is 1. The van der Waals surface area contributed by atoms with Crippen LogP contribution in [0.2, 0.25) is 0 Å². The molecule has 36 heavy (non-hydrogen) atoms. The molecule has 11 heteroatoms. The number of aromatic nitrogens is 2. The Morgan fingerprint density at radius 1 is 0.972 bits per heavy atom. The molecule has 7 nitrogen and oxygen atoms in total. The van der Waals surface area contributed by atoms with Crippen LogP contribution in [-0.2, 0) is 0 Å². The highest BCUT2D eigenvalue weighted by molar-refractivity contribution is 5.94. The molecule has 3 heterocycles. The molecule has 0 atom stereocenters. The summed E-state index contributed by atoms with van der Waals surface area (Å²) in [6, 6.07) is 1.17. The van der Waals surface area contributed by atoms with Crippen molar-refractivity contribution in [3.8, 4) is 5.82 Å². The summed E-state index contributed by atoms with van der Waals surface area (Å²) in [5, 5.41) is 8.86. The summed E-state index contributed by atoms with van der Waals surface area (Å²) < 4.78 is 60.5. The first-order valence-corrected chi connectivity index (χ1v) is 11.8. The second-order valence-electron chi connectivity index (χ2n) is 9.67. The average molecular weight is 504 g/mol. The summed E-state index contributed by atoms with van der Waals surface area (Å²) in [5.74, 6) is -7.77. The molecule has 1 spiro atoms. The van der Waals surface area contributed by atoms with Gasteiger partial charge in [0, 0.05) is 25.4 Å². The molecular weight excluding hydrogens is 480 g/mol. The van der Waals surface area contributed by atoms with Crippen LogP contribution in [0.1, 0.15) is 55.3 Å². The molecule has 2 aliphatic rings. The first kappa shape index (κ1) is 24.1. The lowest BCUT2D eigenvalue weighted by atomic mass is 9.68. The van der Waals surface area contributed by atoms with Crippen LogP contribution in [0, 0.1) is 28.7 Å². The van der Waals surface area contributed by atoms with Crippen LogP contribution in [0.15, 0.2) is 23.1 Å². The van der Waals surface area contributed by atoms with Gasteiger partial charge in [-0.25, -0.2) is 27.3 Å². The standard InChI is InChI=1S/C25H24F4N4O3/c26-15-10-13-19(18(29)20(15)32-8-6-25(7-9-32)4-2-1-3-5-25)33(12-14(21(13)34)24(35)36)23-17(28)11-16(27)22(30)31-23/h10-12H,1-9H2,(H2,30,31)(H,35,36). The van der Waals surface area contributed by atoms with Gasteiger partial charge in [-0.1, -0.05) is 19.3 Å². The molecule has 1 aliphatic heterocycles. The summed E-state index contributed by atoms with van der Waals surface area (Å²) >= 11 is 0. The fourth-order valence-corrected chi connectivity index (χ4v) is 5.66. The van der Waals surface area contributed by atoms with Crippen molar-refractivity contribution in [3.05, 3.63) is 57.4 Å². The third-order valence-electron chi connectivity index (χ3n) is 7.61. The van der Waals surface area contributed by atoms with Crippen molar-refractivity contribution in [2.24, 2.45) is 5.41 Å². The second-order valence-corrected chi connectivity index (χ2v) is 9.67. The number of anilines is 2. The molecule has 1 aliphatic carbocycles. The molecule has 2 aromatic heterocycles. The summed E-state index contributed by atoms with van der Waals surface area (Å²) in [6.45, 7) is 0.791. The Hall–Kier alpha value is -3.63. The molecular formula is C25H24F4N4O3. The number of halogens is 4. The van der Waals surface area contributed by atoms with Crippen molar-refractivity contribution in [3.63, 3.8) is 0 Å². The number of fused-ring (bicyclic) bond motifs is 1. The van der Waals surface area contributed by atoms with Crippen LogP contribution in [0.4, 0.5) is 29.1 Å². The van der Waals surface area contributed by atoms with Crippen LogP contribution < -0.4 is 16.1 Å². The number of piperidine rings is 1. The third kappa shape index (κ3) is 3.86. The van der Waals surface area contributed by atoms with Gasteiger partial charge in [0.15, 0.2) is 29.1 Å². The Morgan fingerprint density at radius 2 is 1.64 bits per heavy atom. The van der Waals surface area contributed by atoms with Gasteiger partial charge in [-0.3, -0.25) is 9.36 Å². The van der Waals surface area contributed by atoms with E-state index < -0.39 is 62.8 Å². The zero-order valence-corrected chi connectivity index (χ0v) is 19.3. The Kier molecular flexibility index (Phi) is 5.88. The number of nitrogens with two attached hydrogens (primary N) is 1. The van der Waals surface area contributed by atoms with Crippen molar-refractivity contribution in [1.29, 1.82) is 0 Å². The molecule has 1 aromatic carbocycles. The monoisotopic (exact) mass is 504 g/mol. The quantitative estimate of drug-likeness (QED) is 0.498. The molecule has 3 N–H and O–H groups in total. The number of aromatic carboxylic acids is 1. The molecule has 0 amide bonds. The number of nitrogens with zero attached hydrogens (tertiary/aromatic N) is 3. The summed E-state index contributed by atoms with van der Waals surface area (Å²) in [6.07, 6.45) is 7.84. The minimum Gasteiger partial charge on any atom is -0.477 e. The van der Waals surface area contributed by atoms with E-state index in [1.54, 1.807) is 4.90 Å². The van der Waals surface area contributed by atoms with Gasteiger partial charge < -0.3 is 15.7 Å². The van der Waals surface area contributed by atoms with Crippen molar-refractivity contribution in [2.45, 2.75) is 44.9 Å². The Morgan fingerprint density at radius 3 is 2.28 bits per heavy atom. The van der Waals surface area contributed by atoms with Crippen LogP contribution in [0.25, 0.3) is 16.7 Å². The lowest BCUT2D eigenvalue weighted by molar-refractivity contribution is 0.0695. The second kappa shape index (κ2) is 8.79. The highest BCUT2D eigenvalue weighted by atomic mass is 19.1. The lowest BCUT2D eigenvalue weighted by Gasteiger charge is -2.45.